The van der Waals surface area contributed by atoms with E-state index in [0.29, 0.717) is 22.7 Å². The number of allylic oxidation sites excluding steroid dienone is 1. The van der Waals surface area contributed by atoms with Gasteiger partial charge >= 0.3 is 5.97 Å². The first kappa shape index (κ1) is 25.9. The topological polar surface area (TPSA) is 84.9 Å². The van der Waals surface area contributed by atoms with Gasteiger partial charge in [-0.25, -0.2) is 4.79 Å². The number of carbonyl (C=O) groups is 2. The Balaban J connectivity index is 0.000000288. The molecular formula is C23H27NO5S2. The second-order valence-electron chi connectivity index (χ2n) is 5.50. The number of aromatic carboxylic acids is 1. The first-order chi connectivity index (χ1) is 15.0. The second kappa shape index (κ2) is 14.0. The van der Waals surface area contributed by atoms with Gasteiger partial charge in [0, 0.05) is 17.3 Å². The SMILES string of the molecule is CC.CNc1csc(-c2cccs2)c1C(=O)O.COc1ccc(/C=C/C=O)cc1OC. The van der Waals surface area contributed by atoms with Gasteiger partial charge in [-0.05, 0) is 35.2 Å². The van der Waals surface area contributed by atoms with Gasteiger partial charge in [-0.15, -0.1) is 22.7 Å². The molecule has 3 aromatic rings. The van der Waals surface area contributed by atoms with Crippen LogP contribution < -0.4 is 14.8 Å². The Morgan fingerprint density at radius 1 is 1.10 bits per heavy atom. The van der Waals surface area contributed by atoms with Crippen LogP contribution in [-0.2, 0) is 4.79 Å². The van der Waals surface area contributed by atoms with E-state index < -0.39 is 5.97 Å². The van der Waals surface area contributed by atoms with E-state index in [2.05, 4.69) is 5.32 Å². The summed E-state index contributed by atoms with van der Waals surface area (Å²) in [5.41, 5.74) is 1.94. The zero-order valence-electron chi connectivity index (χ0n) is 18.2. The number of rotatable bonds is 7. The number of carboxylic acid groups (broad SMARTS) is 1. The highest BCUT2D eigenvalue weighted by Crippen LogP contribution is 2.38. The Morgan fingerprint density at radius 2 is 1.81 bits per heavy atom. The molecule has 0 bridgehead atoms. The minimum absolute atomic E-state index is 0.366. The van der Waals surface area contributed by atoms with Crippen LogP contribution >= 0.6 is 22.7 Å². The van der Waals surface area contributed by atoms with Crippen molar-refractivity contribution in [1.29, 1.82) is 0 Å². The summed E-state index contributed by atoms with van der Waals surface area (Å²) in [6.45, 7) is 4.00. The van der Waals surface area contributed by atoms with Crippen molar-refractivity contribution in [3.8, 4) is 21.3 Å². The van der Waals surface area contributed by atoms with Crippen LogP contribution in [0.3, 0.4) is 0 Å². The van der Waals surface area contributed by atoms with Gasteiger partial charge in [-0.3, -0.25) is 4.79 Å². The molecule has 0 fully saturated rings. The van der Waals surface area contributed by atoms with E-state index in [1.165, 1.54) is 17.4 Å². The van der Waals surface area contributed by atoms with Crippen molar-refractivity contribution in [3.05, 3.63) is 58.3 Å². The lowest BCUT2D eigenvalue weighted by Gasteiger charge is -2.07. The van der Waals surface area contributed by atoms with E-state index in [-0.39, 0.29) is 0 Å². The van der Waals surface area contributed by atoms with Crippen LogP contribution in [0.5, 0.6) is 11.5 Å². The largest absolute Gasteiger partial charge is 0.493 e. The molecule has 2 heterocycles. The molecule has 1 aromatic carbocycles. The van der Waals surface area contributed by atoms with Crippen molar-refractivity contribution in [2.24, 2.45) is 0 Å². The van der Waals surface area contributed by atoms with Gasteiger partial charge in [0.1, 0.15) is 11.8 Å². The van der Waals surface area contributed by atoms with Crippen molar-refractivity contribution < 1.29 is 24.2 Å². The average Bonchev–Trinajstić information content (AvgIpc) is 3.48. The lowest BCUT2D eigenvalue weighted by atomic mass is 10.2. The lowest BCUT2D eigenvalue weighted by Crippen LogP contribution is -2.00. The maximum Gasteiger partial charge on any atom is 0.339 e. The molecule has 31 heavy (non-hydrogen) atoms. The molecule has 3 rings (SSSR count). The van der Waals surface area contributed by atoms with Gasteiger partial charge in [0.05, 0.1) is 24.8 Å². The molecule has 0 amide bonds. The molecule has 0 unspecified atom stereocenters. The minimum atomic E-state index is -0.885. The van der Waals surface area contributed by atoms with Gasteiger partial charge in [-0.1, -0.05) is 32.1 Å². The number of carboxylic acids is 1. The summed E-state index contributed by atoms with van der Waals surface area (Å²) in [6, 6.07) is 9.30. The Hall–Kier alpha value is -3.10. The van der Waals surface area contributed by atoms with Gasteiger partial charge < -0.3 is 19.9 Å². The van der Waals surface area contributed by atoms with Crippen LogP contribution in [0.4, 0.5) is 5.69 Å². The first-order valence-corrected chi connectivity index (χ1v) is 11.2. The number of methoxy groups -OCH3 is 2. The van der Waals surface area contributed by atoms with Crippen LogP contribution in [0.15, 0.2) is 47.2 Å². The fraction of sp³-hybridized carbons (Fsp3) is 0.217. The number of thiophene rings is 2. The summed E-state index contributed by atoms with van der Waals surface area (Å²) in [5.74, 6) is 0.445. The van der Waals surface area contributed by atoms with E-state index >= 15 is 0 Å². The fourth-order valence-corrected chi connectivity index (χ4v) is 4.38. The number of ether oxygens (including phenoxy) is 2. The zero-order valence-corrected chi connectivity index (χ0v) is 19.8. The molecule has 0 aliphatic rings. The zero-order chi connectivity index (χ0) is 23.2. The molecule has 0 atom stereocenters. The Bertz CT molecular complexity index is 978. The smallest absolute Gasteiger partial charge is 0.339 e. The van der Waals surface area contributed by atoms with E-state index in [0.717, 1.165) is 21.6 Å². The highest BCUT2D eigenvalue weighted by atomic mass is 32.1. The molecular weight excluding hydrogens is 434 g/mol. The van der Waals surface area contributed by atoms with Crippen molar-refractivity contribution in [2.45, 2.75) is 13.8 Å². The Labute approximate surface area is 190 Å². The molecule has 0 saturated heterocycles. The van der Waals surface area contributed by atoms with Crippen molar-refractivity contribution in [2.75, 3.05) is 26.6 Å². The number of carbonyl (C=O) groups excluding carboxylic acids is 1. The van der Waals surface area contributed by atoms with E-state index in [1.807, 2.05) is 42.8 Å². The van der Waals surface area contributed by atoms with Crippen LogP contribution in [0.2, 0.25) is 0 Å². The molecule has 166 valence electrons. The minimum Gasteiger partial charge on any atom is -0.493 e. The van der Waals surface area contributed by atoms with Crippen LogP contribution in [0.25, 0.3) is 15.8 Å². The standard InChI is InChI=1S/C11H12O3.C10H9NO2S2.C2H6/c1-13-10-6-5-9(4-3-7-12)8-11(10)14-2;1-11-6-5-15-9(8(6)10(12)13)7-3-2-4-14-7;1-2/h3-8H,1-2H3;2-5,11H,1H3,(H,12,13);1-2H3/b4-3+;;. The van der Waals surface area contributed by atoms with Crippen LogP contribution in [0.1, 0.15) is 29.8 Å². The second-order valence-corrected chi connectivity index (χ2v) is 7.32. The van der Waals surface area contributed by atoms with Crippen LogP contribution in [0, 0.1) is 0 Å². The molecule has 2 aromatic heterocycles. The lowest BCUT2D eigenvalue weighted by molar-refractivity contribution is -0.104. The molecule has 6 nitrogen and oxygen atoms in total. The Kier molecular flexibility index (Phi) is 11.7. The molecule has 0 radical (unpaired) electrons. The normalized spacial score (nSPS) is 9.71. The van der Waals surface area contributed by atoms with Gasteiger partial charge in [0.15, 0.2) is 11.5 Å². The van der Waals surface area contributed by atoms with Crippen molar-refractivity contribution in [1.82, 2.24) is 0 Å². The third-order valence-electron chi connectivity index (χ3n) is 3.79. The van der Waals surface area contributed by atoms with Gasteiger partial charge in [0.2, 0.25) is 0 Å². The highest BCUT2D eigenvalue weighted by Gasteiger charge is 2.19. The third kappa shape index (κ3) is 7.27. The summed E-state index contributed by atoms with van der Waals surface area (Å²) in [4.78, 5) is 23.1. The van der Waals surface area contributed by atoms with Gasteiger partial charge in [0.25, 0.3) is 0 Å². The average molecular weight is 462 g/mol. The number of hydrogen-bond acceptors (Lipinski definition) is 7. The molecule has 0 spiro atoms. The number of anilines is 1. The summed E-state index contributed by atoms with van der Waals surface area (Å²) in [5, 5.41) is 15.8. The summed E-state index contributed by atoms with van der Waals surface area (Å²) in [7, 11) is 4.89. The number of benzene rings is 1. The maximum absolute atomic E-state index is 11.1. The molecule has 0 aliphatic heterocycles. The molecule has 8 heteroatoms. The number of aldehydes is 1. The van der Waals surface area contributed by atoms with Gasteiger partial charge in [-0.2, -0.15) is 0 Å². The quantitative estimate of drug-likeness (QED) is 0.324. The summed E-state index contributed by atoms with van der Waals surface area (Å²) < 4.78 is 10.2. The predicted molar refractivity (Wildman–Crippen MR) is 130 cm³/mol. The maximum atomic E-state index is 11.1. The number of hydrogen-bond donors (Lipinski definition) is 2. The van der Waals surface area contributed by atoms with E-state index in [1.54, 1.807) is 50.8 Å². The fourth-order valence-electron chi connectivity index (χ4n) is 2.45. The van der Waals surface area contributed by atoms with E-state index in [4.69, 9.17) is 14.6 Å². The highest BCUT2D eigenvalue weighted by molar-refractivity contribution is 7.21. The van der Waals surface area contributed by atoms with Crippen molar-refractivity contribution in [3.63, 3.8) is 0 Å². The summed E-state index contributed by atoms with van der Waals surface area (Å²) in [6.07, 6.45) is 3.87. The van der Waals surface area contributed by atoms with Crippen LogP contribution in [-0.4, -0.2) is 38.6 Å². The third-order valence-corrected chi connectivity index (χ3v) is 5.82. The van der Waals surface area contributed by atoms with E-state index in [9.17, 15) is 9.59 Å². The Morgan fingerprint density at radius 3 is 2.32 bits per heavy atom. The predicted octanol–water partition coefficient (Wildman–Crippen LogP) is 6.16. The first-order valence-electron chi connectivity index (χ1n) is 9.46. The number of nitrogens with one attached hydrogen (secondary N) is 1. The monoisotopic (exact) mass is 461 g/mol. The van der Waals surface area contributed by atoms with Crippen molar-refractivity contribution >= 4 is 46.7 Å². The molecule has 2 N–H and O–H groups in total. The molecule has 0 aliphatic carbocycles. The molecule has 0 saturated carbocycles. The summed E-state index contributed by atoms with van der Waals surface area (Å²) >= 11 is 3.00.